The number of nitrogens with one attached hydrogen (secondary N) is 1. The third kappa shape index (κ3) is 2.91. The number of hydrazone groups is 1. The number of aromatic nitrogens is 2. The minimum atomic E-state index is -0.500. The van der Waals surface area contributed by atoms with Crippen molar-refractivity contribution in [2.45, 2.75) is 0 Å². The molecule has 0 unspecified atom stereocenters. The van der Waals surface area contributed by atoms with Crippen molar-refractivity contribution < 1.29 is 4.39 Å². The zero-order valence-electron chi connectivity index (χ0n) is 9.88. The van der Waals surface area contributed by atoms with Crippen LogP contribution in [0.15, 0.2) is 35.7 Å². The molecule has 98 valence electrons. The van der Waals surface area contributed by atoms with Crippen molar-refractivity contribution in [3.63, 3.8) is 0 Å². The van der Waals surface area contributed by atoms with Crippen LogP contribution in [-0.4, -0.2) is 15.5 Å². The maximum atomic E-state index is 13.3. The third-order valence-corrected chi connectivity index (χ3v) is 2.45. The molecular formula is C12H6ClFN6. The first kappa shape index (κ1) is 13.5. The molecule has 0 radical (unpaired) electrons. The molecule has 1 aromatic heterocycles. The van der Waals surface area contributed by atoms with E-state index < -0.39 is 5.82 Å². The molecule has 20 heavy (non-hydrogen) atoms. The Bertz CT molecular complexity index is 736. The minimum absolute atomic E-state index is 0.243. The Balaban J connectivity index is 2.42. The fourth-order valence-corrected chi connectivity index (χ4v) is 1.56. The van der Waals surface area contributed by atoms with Gasteiger partial charge in [0, 0.05) is 12.3 Å². The van der Waals surface area contributed by atoms with Gasteiger partial charge in [0.1, 0.15) is 18.0 Å². The van der Waals surface area contributed by atoms with Crippen molar-refractivity contribution in [2.24, 2.45) is 5.10 Å². The number of halogens is 2. The molecule has 0 amide bonds. The summed E-state index contributed by atoms with van der Waals surface area (Å²) in [4.78, 5) is 0. The van der Waals surface area contributed by atoms with Gasteiger partial charge in [0.25, 0.3) is 0 Å². The molecule has 0 aliphatic carbocycles. The Morgan fingerprint density at radius 2 is 2.15 bits per heavy atom. The van der Waals surface area contributed by atoms with Crippen molar-refractivity contribution in [1.82, 2.24) is 9.78 Å². The van der Waals surface area contributed by atoms with E-state index in [4.69, 9.17) is 22.1 Å². The maximum absolute atomic E-state index is 13.3. The fraction of sp³-hybridized carbons (Fsp3) is 0. The molecule has 6 nitrogen and oxygen atoms in total. The maximum Gasteiger partial charge on any atom is 0.237 e. The summed E-state index contributed by atoms with van der Waals surface area (Å²) < 4.78 is 14.7. The average Bonchev–Trinajstić information content (AvgIpc) is 2.86. The number of hydrogen-bond donors (Lipinski definition) is 1. The molecule has 0 fully saturated rings. The third-order valence-electron chi connectivity index (χ3n) is 2.26. The van der Waals surface area contributed by atoms with Gasteiger partial charge in [-0.05, 0) is 12.1 Å². The minimum Gasteiger partial charge on any atom is -0.274 e. The van der Waals surface area contributed by atoms with Crippen LogP contribution in [0.1, 0.15) is 0 Å². The number of rotatable bonds is 3. The lowest BCUT2D eigenvalue weighted by Crippen LogP contribution is -2.03. The van der Waals surface area contributed by atoms with E-state index in [1.165, 1.54) is 35.3 Å². The van der Waals surface area contributed by atoms with E-state index in [0.717, 1.165) is 0 Å². The highest BCUT2D eigenvalue weighted by atomic mass is 35.5. The summed E-state index contributed by atoms with van der Waals surface area (Å²) in [5.41, 5.74) is 2.80. The summed E-state index contributed by atoms with van der Waals surface area (Å²) in [6.45, 7) is 0. The van der Waals surface area contributed by atoms with Gasteiger partial charge >= 0.3 is 0 Å². The van der Waals surface area contributed by atoms with Crippen LogP contribution < -0.4 is 5.43 Å². The van der Waals surface area contributed by atoms with Gasteiger partial charge in [-0.3, -0.25) is 5.43 Å². The smallest absolute Gasteiger partial charge is 0.237 e. The monoisotopic (exact) mass is 288 g/mol. The topological polar surface area (TPSA) is 89.8 Å². The van der Waals surface area contributed by atoms with Crippen LogP contribution in [0.2, 0.25) is 5.02 Å². The van der Waals surface area contributed by atoms with E-state index in [-0.39, 0.29) is 11.4 Å². The molecule has 8 heteroatoms. The molecule has 0 spiro atoms. The Hall–Kier alpha value is -2.90. The van der Waals surface area contributed by atoms with E-state index in [0.29, 0.717) is 10.7 Å². The lowest BCUT2D eigenvalue weighted by atomic mass is 10.2. The lowest BCUT2D eigenvalue weighted by Gasteiger charge is -2.08. The molecule has 0 aliphatic heterocycles. The summed E-state index contributed by atoms with van der Waals surface area (Å²) in [5.74, 6) is -0.500. The largest absolute Gasteiger partial charge is 0.274 e. The van der Waals surface area contributed by atoms with E-state index in [2.05, 4.69) is 15.6 Å². The number of nitriles is 2. The summed E-state index contributed by atoms with van der Waals surface area (Å²) in [7, 11) is 0. The lowest BCUT2D eigenvalue weighted by molar-refractivity contribution is 0.627. The first-order valence-electron chi connectivity index (χ1n) is 5.28. The second-order valence-electron chi connectivity index (χ2n) is 3.56. The molecule has 0 bridgehead atoms. The Morgan fingerprint density at radius 1 is 1.40 bits per heavy atom. The van der Waals surface area contributed by atoms with Crippen molar-refractivity contribution >= 4 is 23.0 Å². The Morgan fingerprint density at radius 3 is 2.75 bits per heavy atom. The van der Waals surface area contributed by atoms with Crippen molar-refractivity contribution in [3.05, 3.63) is 41.4 Å². The van der Waals surface area contributed by atoms with Crippen molar-refractivity contribution in [3.8, 4) is 17.8 Å². The summed E-state index contributed by atoms with van der Waals surface area (Å²) >= 11 is 5.77. The number of hydrogen-bond acceptors (Lipinski definition) is 5. The van der Waals surface area contributed by atoms with Gasteiger partial charge < -0.3 is 0 Å². The normalized spacial score (nSPS) is 9.40. The van der Waals surface area contributed by atoms with Crippen LogP contribution in [0.25, 0.3) is 5.69 Å². The van der Waals surface area contributed by atoms with Crippen LogP contribution in [-0.2, 0) is 0 Å². The predicted octanol–water partition coefficient (Wildman–Crippen LogP) is 2.48. The molecule has 0 saturated carbocycles. The molecular weight excluding hydrogens is 283 g/mol. The molecule has 2 aromatic rings. The van der Waals surface area contributed by atoms with Gasteiger partial charge in [0.2, 0.25) is 5.71 Å². The standard InChI is InChI=1S/C12H6ClFN6/c13-8-6-17-20(7-8)12-2-1-9(14)3-11(12)19-18-10(4-15)5-16/h1-3,6-7,19H. The Labute approximate surface area is 118 Å². The zero-order chi connectivity index (χ0) is 14.5. The van der Waals surface area contributed by atoms with E-state index in [1.54, 1.807) is 12.1 Å². The van der Waals surface area contributed by atoms with Gasteiger partial charge in [0.05, 0.1) is 22.6 Å². The SMILES string of the molecule is N#CC(C#N)=NNc1cc(F)ccc1-n1cc(Cl)cn1. The molecule has 1 aromatic carbocycles. The first-order valence-corrected chi connectivity index (χ1v) is 5.66. The number of nitrogens with zero attached hydrogens (tertiary/aromatic N) is 5. The van der Waals surface area contributed by atoms with E-state index >= 15 is 0 Å². The zero-order valence-corrected chi connectivity index (χ0v) is 10.6. The molecule has 1 heterocycles. The first-order chi connectivity index (χ1) is 9.63. The van der Waals surface area contributed by atoms with Gasteiger partial charge in [-0.2, -0.15) is 20.7 Å². The highest BCUT2D eigenvalue weighted by Gasteiger charge is 2.08. The van der Waals surface area contributed by atoms with Crippen LogP contribution in [0.4, 0.5) is 10.1 Å². The number of benzene rings is 1. The molecule has 2 rings (SSSR count). The fourth-order valence-electron chi connectivity index (χ4n) is 1.42. The van der Waals surface area contributed by atoms with Crippen LogP contribution >= 0.6 is 11.6 Å². The summed E-state index contributed by atoms with van der Waals surface area (Å²) in [5, 5.41) is 25.2. The quantitative estimate of drug-likeness (QED) is 0.694. The summed E-state index contributed by atoms with van der Waals surface area (Å²) in [6.07, 6.45) is 2.95. The Kier molecular flexibility index (Phi) is 3.94. The highest BCUT2D eigenvalue weighted by molar-refractivity contribution is 6.30. The molecule has 0 saturated heterocycles. The van der Waals surface area contributed by atoms with Crippen molar-refractivity contribution in [2.75, 3.05) is 5.43 Å². The van der Waals surface area contributed by atoms with Gasteiger partial charge in [-0.15, -0.1) is 0 Å². The molecule has 0 atom stereocenters. The van der Waals surface area contributed by atoms with E-state index in [1.807, 2.05) is 0 Å². The summed E-state index contributed by atoms with van der Waals surface area (Å²) in [6, 6.07) is 7.06. The number of anilines is 1. The van der Waals surface area contributed by atoms with Gasteiger partial charge in [-0.1, -0.05) is 11.6 Å². The van der Waals surface area contributed by atoms with E-state index in [9.17, 15) is 4.39 Å². The molecule has 0 aliphatic rings. The van der Waals surface area contributed by atoms with Crippen LogP contribution in [0.5, 0.6) is 0 Å². The van der Waals surface area contributed by atoms with Gasteiger partial charge in [0.15, 0.2) is 0 Å². The van der Waals surface area contributed by atoms with Crippen molar-refractivity contribution in [1.29, 1.82) is 10.5 Å². The predicted molar refractivity (Wildman–Crippen MR) is 70.8 cm³/mol. The second kappa shape index (κ2) is 5.83. The molecule has 1 N–H and O–H groups in total. The average molecular weight is 289 g/mol. The second-order valence-corrected chi connectivity index (χ2v) is 4.00. The van der Waals surface area contributed by atoms with Gasteiger partial charge in [-0.25, -0.2) is 9.07 Å². The van der Waals surface area contributed by atoms with Crippen LogP contribution in [0, 0.1) is 28.5 Å². The highest BCUT2D eigenvalue weighted by Crippen LogP contribution is 2.22. The van der Waals surface area contributed by atoms with Crippen LogP contribution in [0.3, 0.4) is 0 Å².